The molecule has 92 valence electrons. The number of hydrogen-bond donors (Lipinski definition) is 1. The molecule has 0 atom stereocenters. The van der Waals surface area contributed by atoms with Gasteiger partial charge in [-0.1, -0.05) is 32.6 Å². The highest BCUT2D eigenvalue weighted by molar-refractivity contribution is 5.41. The molecule has 17 heavy (non-hydrogen) atoms. The predicted octanol–water partition coefficient (Wildman–Crippen LogP) is 2.88. The van der Waals surface area contributed by atoms with Crippen molar-refractivity contribution in [3.8, 4) is 12.3 Å². The van der Waals surface area contributed by atoms with E-state index in [1.165, 1.54) is 25.7 Å². The van der Waals surface area contributed by atoms with E-state index < -0.39 is 0 Å². The molecule has 3 heteroatoms. The Morgan fingerprint density at radius 2 is 2.12 bits per heavy atom. The topological polar surface area (TPSA) is 43.8 Å². The molecule has 0 aliphatic heterocycles. The van der Waals surface area contributed by atoms with Crippen LogP contribution in [0.2, 0.25) is 0 Å². The molecule has 1 aromatic heterocycles. The molecule has 0 saturated heterocycles. The van der Waals surface area contributed by atoms with Crippen molar-refractivity contribution in [3.63, 3.8) is 0 Å². The van der Waals surface area contributed by atoms with E-state index in [-0.39, 0.29) is 0 Å². The number of terminal acetylenes is 1. The molecule has 1 fully saturated rings. The highest BCUT2D eigenvalue weighted by Gasteiger charge is 2.25. The van der Waals surface area contributed by atoms with E-state index in [0.29, 0.717) is 18.4 Å². The van der Waals surface area contributed by atoms with Gasteiger partial charge in [0.2, 0.25) is 0 Å². The Morgan fingerprint density at radius 1 is 1.47 bits per heavy atom. The number of aromatic nitrogens is 2. The van der Waals surface area contributed by atoms with Gasteiger partial charge < -0.3 is 10.3 Å². The highest BCUT2D eigenvalue weighted by Crippen LogP contribution is 2.36. The summed E-state index contributed by atoms with van der Waals surface area (Å²) in [5.74, 6) is 5.47. The Hall–Kier alpha value is -1.43. The average Bonchev–Trinajstić information content (AvgIpc) is 2.88. The molecular weight excluding hydrogens is 210 g/mol. The zero-order chi connectivity index (χ0) is 12.4. The van der Waals surface area contributed by atoms with Gasteiger partial charge in [-0.3, -0.25) is 0 Å². The Balaban J connectivity index is 2.42. The normalized spacial score (nSPS) is 16.6. The van der Waals surface area contributed by atoms with Crippen LogP contribution in [0.5, 0.6) is 0 Å². The van der Waals surface area contributed by atoms with Crippen molar-refractivity contribution in [1.29, 1.82) is 0 Å². The smallest absolute Gasteiger partial charge is 0.127 e. The van der Waals surface area contributed by atoms with Crippen molar-refractivity contribution < 1.29 is 0 Å². The molecule has 1 saturated carbocycles. The van der Waals surface area contributed by atoms with Gasteiger partial charge in [0.15, 0.2) is 0 Å². The summed E-state index contributed by atoms with van der Waals surface area (Å²) in [6.45, 7) is 4.78. The maximum Gasteiger partial charge on any atom is 0.127 e. The summed E-state index contributed by atoms with van der Waals surface area (Å²) < 4.78 is 2.03. The van der Waals surface area contributed by atoms with E-state index >= 15 is 0 Å². The van der Waals surface area contributed by atoms with Gasteiger partial charge >= 0.3 is 0 Å². The lowest BCUT2D eigenvalue weighted by Gasteiger charge is -2.11. The van der Waals surface area contributed by atoms with Crippen LogP contribution in [0.15, 0.2) is 0 Å². The summed E-state index contributed by atoms with van der Waals surface area (Å²) in [6, 6.07) is 0. The van der Waals surface area contributed by atoms with E-state index in [4.69, 9.17) is 17.1 Å². The van der Waals surface area contributed by atoms with Crippen LogP contribution in [-0.4, -0.2) is 9.55 Å². The van der Waals surface area contributed by atoms with E-state index in [1.807, 2.05) is 4.57 Å². The van der Waals surface area contributed by atoms with Gasteiger partial charge in [-0.25, -0.2) is 4.98 Å². The first-order chi connectivity index (χ1) is 8.15. The zero-order valence-electron chi connectivity index (χ0n) is 10.7. The zero-order valence-corrected chi connectivity index (χ0v) is 10.7. The van der Waals surface area contributed by atoms with E-state index in [9.17, 15) is 0 Å². The fourth-order valence-corrected chi connectivity index (χ4v) is 2.68. The molecular formula is C14H21N3. The lowest BCUT2D eigenvalue weighted by Crippen LogP contribution is -2.09. The van der Waals surface area contributed by atoms with Gasteiger partial charge in [0.1, 0.15) is 11.6 Å². The summed E-state index contributed by atoms with van der Waals surface area (Å²) in [6.07, 6.45) is 10.5. The number of anilines is 1. The van der Waals surface area contributed by atoms with Gasteiger partial charge in [-0.15, -0.1) is 6.42 Å². The molecule has 3 nitrogen and oxygen atoms in total. The van der Waals surface area contributed by atoms with Gasteiger partial charge in [0, 0.05) is 5.92 Å². The first-order valence-corrected chi connectivity index (χ1v) is 6.44. The maximum atomic E-state index is 6.16. The van der Waals surface area contributed by atoms with E-state index in [0.717, 1.165) is 17.3 Å². The lowest BCUT2D eigenvalue weighted by molar-refractivity contribution is 0.620. The minimum Gasteiger partial charge on any atom is -0.384 e. The quantitative estimate of drug-likeness (QED) is 0.813. The largest absolute Gasteiger partial charge is 0.384 e. The second kappa shape index (κ2) is 4.83. The first-order valence-electron chi connectivity index (χ1n) is 6.44. The molecule has 1 aliphatic carbocycles. The third-order valence-corrected chi connectivity index (χ3v) is 3.58. The van der Waals surface area contributed by atoms with Crippen LogP contribution in [-0.2, 0) is 6.54 Å². The van der Waals surface area contributed by atoms with Crippen molar-refractivity contribution in [2.45, 2.75) is 57.9 Å². The molecule has 0 spiro atoms. The van der Waals surface area contributed by atoms with Gasteiger partial charge in [0.25, 0.3) is 0 Å². The van der Waals surface area contributed by atoms with Crippen LogP contribution >= 0.6 is 0 Å². The fraction of sp³-hybridized carbons (Fsp3) is 0.643. The van der Waals surface area contributed by atoms with Crippen LogP contribution in [0.4, 0.5) is 5.82 Å². The number of rotatable bonds is 3. The number of nitrogens with two attached hydrogens (primary N) is 1. The molecule has 1 aromatic rings. The number of nitrogens with zero attached hydrogens (tertiary/aromatic N) is 2. The van der Waals surface area contributed by atoms with Crippen LogP contribution < -0.4 is 5.73 Å². The average molecular weight is 231 g/mol. The second-order valence-corrected chi connectivity index (χ2v) is 5.17. The van der Waals surface area contributed by atoms with Crippen LogP contribution in [0, 0.1) is 12.3 Å². The fourth-order valence-electron chi connectivity index (χ4n) is 2.68. The monoisotopic (exact) mass is 231 g/mol. The number of imidazole rings is 1. The van der Waals surface area contributed by atoms with Gasteiger partial charge in [-0.05, 0) is 18.8 Å². The van der Waals surface area contributed by atoms with Gasteiger partial charge in [0.05, 0.1) is 12.2 Å². The molecule has 0 amide bonds. The van der Waals surface area contributed by atoms with Crippen molar-refractivity contribution in [3.05, 3.63) is 11.5 Å². The maximum absolute atomic E-state index is 6.16. The molecule has 2 N–H and O–H groups in total. The van der Waals surface area contributed by atoms with Crippen molar-refractivity contribution in [2.24, 2.45) is 0 Å². The number of hydrogen-bond acceptors (Lipinski definition) is 2. The van der Waals surface area contributed by atoms with Crippen molar-refractivity contribution in [2.75, 3.05) is 5.73 Å². The molecule has 0 bridgehead atoms. The summed E-state index contributed by atoms with van der Waals surface area (Å²) in [5, 5.41) is 0. The molecule has 0 aromatic carbocycles. The molecule has 0 unspecified atom stereocenters. The Bertz CT molecular complexity index is 431. The standard InChI is InChI=1S/C14H21N3/c1-4-9-17-13(15)12(10(2)3)16-14(17)11-7-5-6-8-11/h1,10-11H,5-9,15H2,2-3H3. The minimum absolute atomic E-state index is 0.356. The summed E-state index contributed by atoms with van der Waals surface area (Å²) in [5.41, 5.74) is 7.17. The third kappa shape index (κ3) is 2.17. The van der Waals surface area contributed by atoms with Crippen LogP contribution in [0.3, 0.4) is 0 Å². The van der Waals surface area contributed by atoms with Crippen molar-refractivity contribution in [1.82, 2.24) is 9.55 Å². The SMILES string of the molecule is C#CCn1c(C2CCCC2)nc(C(C)C)c1N. The summed E-state index contributed by atoms with van der Waals surface area (Å²) in [4.78, 5) is 4.75. The van der Waals surface area contributed by atoms with Gasteiger partial charge in [-0.2, -0.15) is 0 Å². The molecule has 1 aliphatic rings. The van der Waals surface area contributed by atoms with Crippen LogP contribution in [0.1, 0.15) is 62.9 Å². The highest BCUT2D eigenvalue weighted by atomic mass is 15.1. The Labute approximate surface area is 103 Å². The van der Waals surface area contributed by atoms with Crippen molar-refractivity contribution >= 4 is 5.82 Å². The number of nitrogen functional groups attached to an aromatic ring is 1. The van der Waals surface area contributed by atoms with E-state index in [2.05, 4.69) is 19.8 Å². The lowest BCUT2D eigenvalue weighted by atomic mass is 10.1. The minimum atomic E-state index is 0.356. The molecule has 1 heterocycles. The molecule has 0 radical (unpaired) electrons. The third-order valence-electron chi connectivity index (χ3n) is 3.58. The predicted molar refractivity (Wildman–Crippen MR) is 70.8 cm³/mol. The Morgan fingerprint density at radius 3 is 2.65 bits per heavy atom. The van der Waals surface area contributed by atoms with Crippen LogP contribution in [0.25, 0.3) is 0 Å². The summed E-state index contributed by atoms with van der Waals surface area (Å²) in [7, 11) is 0. The Kier molecular flexibility index (Phi) is 3.42. The second-order valence-electron chi connectivity index (χ2n) is 5.17. The van der Waals surface area contributed by atoms with E-state index in [1.54, 1.807) is 0 Å². The first kappa shape index (κ1) is 12.0. The summed E-state index contributed by atoms with van der Waals surface area (Å²) >= 11 is 0. The molecule has 2 rings (SSSR count).